The van der Waals surface area contributed by atoms with E-state index < -0.39 is 5.60 Å². The van der Waals surface area contributed by atoms with Crippen LogP contribution in [0, 0.1) is 5.82 Å². The molecule has 1 aliphatic rings. The van der Waals surface area contributed by atoms with Crippen LogP contribution in [0.15, 0.2) is 22.7 Å². The zero-order valence-electron chi connectivity index (χ0n) is 8.88. The Morgan fingerprint density at radius 1 is 1.38 bits per heavy atom. The van der Waals surface area contributed by atoms with Crippen LogP contribution in [-0.4, -0.2) is 23.9 Å². The monoisotopic (exact) mass is 288 g/mol. The van der Waals surface area contributed by atoms with Crippen molar-refractivity contribution in [2.24, 2.45) is 0 Å². The minimum Gasteiger partial charge on any atom is -0.389 e. The Kier molecular flexibility index (Phi) is 3.62. The Labute approximate surface area is 103 Å². The summed E-state index contributed by atoms with van der Waals surface area (Å²) in [5.74, 6) is -0.269. The van der Waals surface area contributed by atoms with Gasteiger partial charge in [0.15, 0.2) is 0 Å². The number of halogens is 2. The molecule has 1 fully saturated rings. The summed E-state index contributed by atoms with van der Waals surface area (Å²) < 4.78 is 18.8. The van der Waals surface area contributed by atoms with Crippen molar-refractivity contribution in [2.45, 2.75) is 24.9 Å². The molecule has 1 N–H and O–H groups in total. The lowest BCUT2D eigenvalue weighted by Crippen LogP contribution is -2.38. The van der Waals surface area contributed by atoms with Gasteiger partial charge in [-0.15, -0.1) is 0 Å². The molecule has 0 aromatic heterocycles. The molecule has 0 aliphatic carbocycles. The highest BCUT2D eigenvalue weighted by Crippen LogP contribution is 2.28. The molecule has 4 heteroatoms. The topological polar surface area (TPSA) is 29.5 Å². The van der Waals surface area contributed by atoms with Crippen molar-refractivity contribution in [3.8, 4) is 0 Å². The molecule has 1 heterocycles. The maximum absolute atomic E-state index is 12.9. The van der Waals surface area contributed by atoms with Crippen LogP contribution in [0.25, 0.3) is 0 Å². The van der Waals surface area contributed by atoms with E-state index in [0.717, 1.165) is 5.56 Å². The van der Waals surface area contributed by atoms with Gasteiger partial charge in [-0.1, -0.05) is 22.0 Å². The predicted molar refractivity (Wildman–Crippen MR) is 62.8 cm³/mol. The Morgan fingerprint density at radius 2 is 2.06 bits per heavy atom. The summed E-state index contributed by atoms with van der Waals surface area (Å²) in [5, 5.41) is 10.3. The van der Waals surface area contributed by atoms with E-state index in [9.17, 15) is 9.50 Å². The zero-order chi connectivity index (χ0) is 11.6. The van der Waals surface area contributed by atoms with Gasteiger partial charge in [0.2, 0.25) is 0 Å². The van der Waals surface area contributed by atoms with E-state index in [1.165, 1.54) is 12.1 Å². The van der Waals surface area contributed by atoms with Gasteiger partial charge < -0.3 is 9.84 Å². The fourth-order valence-electron chi connectivity index (χ4n) is 1.95. The first kappa shape index (κ1) is 12.0. The van der Waals surface area contributed by atoms with Gasteiger partial charge in [0.1, 0.15) is 5.82 Å². The maximum atomic E-state index is 12.9. The van der Waals surface area contributed by atoms with Gasteiger partial charge in [-0.05, 0) is 30.5 Å². The first-order valence-electron chi connectivity index (χ1n) is 5.33. The standard InChI is InChI=1S/C12H14BrFO2/c13-11-7-10(14)2-1-9(11)8-12(15)3-5-16-6-4-12/h1-2,7,15H,3-6,8H2. The summed E-state index contributed by atoms with van der Waals surface area (Å²) in [6, 6.07) is 4.56. The Morgan fingerprint density at radius 3 is 2.69 bits per heavy atom. The van der Waals surface area contributed by atoms with Crippen molar-refractivity contribution < 1.29 is 14.2 Å². The van der Waals surface area contributed by atoms with Crippen molar-refractivity contribution in [2.75, 3.05) is 13.2 Å². The Balaban J connectivity index is 2.13. The van der Waals surface area contributed by atoms with Crippen LogP contribution in [-0.2, 0) is 11.2 Å². The molecular formula is C12H14BrFO2. The van der Waals surface area contributed by atoms with Crippen molar-refractivity contribution in [3.63, 3.8) is 0 Å². The first-order chi connectivity index (χ1) is 7.59. The van der Waals surface area contributed by atoms with E-state index in [4.69, 9.17) is 4.74 Å². The Bertz CT molecular complexity index is 375. The minimum absolute atomic E-state index is 0.269. The van der Waals surface area contributed by atoms with Gasteiger partial charge in [0.25, 0.3) is 0 Å². The van der Waals surface area contributed by atoms with Crippen LogP contribution in [0.1, 0.15) is 18.4 Å². The third kappa shape index (κ3) is 2.81. The average Bonchev–Trinajstić information content (AvgIpc) is 2.23. The number of hydrogen-bond acceptors (Lipinski definition) is 2. The molecule has 2 nitrogen and oxygen atoms in total. The minimum atomic E-state index is -0.710. The van der Waals surface area contributed by atoms with Gasteiger partial charge in [-0.3, -0.25) is 0 Å². The molecule has 16 heavy (non-hydrogen) atoms. The molecule has 1 saturated heterocycles. The predicted octanol–water partition coefficient (Wildman–Crippen LogP) is 2.67. The number of aliphatic hydroxyl groups is 1. The summed E-state index contributed by atoms with van der Waals surface area (Å²) in [5.41, 5.74) is 0.226. The third-order valence-electron chi connectivity index (χ3n) is 2.96. The van der Waals surface area contributed by atoms with Crippen molar-refractivity contribution in [1.29, 1.82) is 0 Å². The lowest BCUT2D eigenvalue weighted by Gasteiger charge is -2.32. The highest BCUT2D eigenvalue weighted by molar-refractivity contribution is 9.10. The van der Waals surface area contributed by atoms with Crippen molar-refractivity contribution in [3.05, 3.63) is 34.1 Å². The number of benzene rings is 1. The van der Waals surface area contributed by atoms with E-state index in [1.54, 1.807) is 6.07 Å². The molecule has 0 bridgehead atoms. The highest BCUT2D eigenvalue weighted by Gasteiger charge is 2.30. The second kappa shape index (κ2) is 4.82. The SMILES string of the molecule is OC1(Cc2ccc(F)cc2Br)CCOCC1. The van der Waals surface area contributed by atoms with Crippen LogP contribution in [0.3, 0.4) is 0 Å². The quantitative estimate of drug-likeness (QED) is 0.907. The zero-order valence-corrected chi connectivity index (χ0v) is 10.5. The number of rotatable bonds is 2. The maximum Gasteiger partial charge on any atom is 0.124 e. The van der Waals surface area contributed by atoms with E-state index in [0.29, 0.717) is 36.9 Å². The molecule has 0 atom stereocenters. The number of ether oxygens (including phenoxy) is 1. The summed E-state index contributed by atoms with van der Waals surface area (Å²) >= 11 is 3.32. The smallest absolute Gasteiger partial charge is 0.124 e. The largest absolute Gasteiger partial charge is 0.389 e. The molecule has 0 unspecified atom stereocenters. The van der Waals surface area contributed by atoms with E-state index in [2.05, 4.69) is 15.9 Å². The highest BCUT2D eigenvalue weighted by atomic mass is 79.9. The van der Waals surface area contributed by atoms with Crippen LogP contribution in [0.5, 0.6) is 0 Å². The van der Waals surface area contributed by atoms with E-state index in [1.807, 2.05) is 0 Å². The van der Waals surface area contributed by atoms with Crippen molar-refractivity contribution >= 4 is 15.9 Å². The summed E-state index contributed by atoms with van der Waals surface area (Å²) in [7, 11) is 0. The van der Waals surface area contributed by atoms with Crippen LogP contribution in [0.4, 0.5) is 4.39 Å². The van der Waals surface area contributed by atoms with Gasteiger partial charge in [-0.25, -0.2) is 4.39 Å². The van der Waals surface area contributed by atoms with E-state index >= 15 is 0 Å². The van der Waals surface area contributed by atoms with Gasteiger partial charge in [0.05, 0.1) is 5.60 Å². The van der Waals surface area contributed by atoms with Gasteiger partial charge in [-0.2, -0.15) is 0 Å². The first-order valence-corrected chi connectivity index (χ1v) is 6.12. The third-order valence-corrected chi connectivity index (χ3v) is 3.70. The Hall–Kier alpha value is -0.450. The van der Waals surface area contributed by atoms with Crippen molar-refractivity contribution in [1.82, 2.24) is 0 Å². The summed E-state index contributed by atoms with van der Waals surface area (Å²) in [4.78, 5) is 0. The van der Waals surface area contributed by atoms with Crippen LogP contribution < -0.4 is 0 Å². The lowest BCUT2D eigenvalue weighted by atomic mass is 9.87. The molecule has 88 valence electrons. The molecule has 0 radical (unpaired) electrons. The average molecular weight is 289 g/mol. The molecule has 1 aromatic rings. The van der Waals surface area contributed by atoms with Gasteiger partial charge in [0, 0.05) is 24.1 Å². The molecule has 2 rings (SSSR count). The molecule has 0 saturated carbocycles. The van der Waals surface area contributed by atoms with Gasteiger partial charge >= 0.3 is 0 Å². The molecular weight excluding hydrogens is 275 g/mol. The molecule has 0 spiro atoms. The molecule has 1 aromatic carbocycles. The second-order valence-corrected chi connectivity index (χ2v) is 5.10. The normalized spacial score (nSPS) is 19.7. The second-order valence-electron chi connectivity index (χ2n) is 4.25. The number of hydrogen-bond donors (Lipinski definition) is 1. The summed E-state index contributed by atoms with van der Waals surface area (Å²) in [6.45, 7) is 1.19. The molecule has 1 aliphatic heterocycles. The summed E-state index contributed by atoms with van der Waals surface area (Å²) in [6.07, 6.45) is 1.81. The lowest BCUT2D eigenvalue weighted by molar-refractivity contribution is -0.0626. The fourth-order valence-corrected chi connectivity index (χ4v) is 2.44. The van der Waals surface area contributed by atoms with E-state index in [-0.39, 0.29) is 5.82 Å². The van der Waals surface area contributed by atoms with Crippen LogP contribution in [0.2, 0.25) is 0 Å². The fraction of sp³-hybridized carbons (Fsp3) is 0.500. The molecule has 0 amide bonds. The van der Waals surface area contributed by atoms with Crippen LogP contribution >= 0.6 is 15.9 Å².